The van der Waals surface area contributed by atoms with E-state index in [1.54, 1.807) is 11.8 Å². The molecule has 0 aliphatic heterocycles. The molecule has 0 aliphatic rings. The number of para-hydroxylation sites is 1. The molecule has 0 fully saturated rings. The van der Waals surface area contributed by atoms with Crippen molar-refractivity contribution in [1.82, 2.24) is 4.90 Å². The first-order valence-electron chi connectivity index (χ1n) is 7.19. The minimum Gasteiger partial charge on any atom is -0.378 e. The number of anilines is 1. The zero-order chi connectivity index (χ0) is 15.2. The third-order valence-corrected chi connectivity index (χ3v) is 3.63. The minimum atomic E-state index is 0.0703. The van der Waals surface area contributed by atoms with E-state index in [0.29, 0.717) is 6.54 Å². The Balaban J connectivity index is 2.15. The molecule has 0 saturated carbocycles. The maximum Gasteiger partial charge on any atom is 0.219 e. The molecule has 0 heterocycles. The van der Waals surface area contributed by atoms with Gasteiger partial charge in [-0.2, -0.15) is 0 Å². The lowest BCUT2D eigenvalue weighted by molar-refractivity contribution is -0.128. The van der Waals surface area contributed by atoms with Crippen molar-refractivity contribution in [3.8, 4) is 0 Å². The Hall–Kier alpha value is -2.29. The minimum absolute atomic E-state index is 0.0703. The molecule has 0 spiro atoms. The van der Waals surface area contributed by atoms with Crippen LogP contribution >= 0.6 is 0 Å². The van der Waals surface area contributed by atoms with E-state index in [1.165, 1.54) is 5.56 Å². The van der Waals surface area contributed by atoms with Crippen molar-refractivity contribution >= 4 is 11.6 Å². The average Bonchev–Trinajstić information content (AvgIpc) is 2.50. The van der Waals surface area contributed by atoms with Crippen molar-refractivity contribution in [2.45, 2.75) is 26.4 Å². The van der Waals surface area contributed by atoms with Gasteiger partial charge in [-0.25, -0.2) is 0 Å². The van der Waals surface area contributed by atoms with Crippen LogP contribution in [0.25, 0.3) is 0 Å². The molecule has 0 aliphatic carbocycles. The molecular weight excluding hydrogens is 260 g/mol. The number of hydrogen-bond acceptors (Lipinski definition) is 2. The van der Waals surface area contributed by atoms with E-state index >= 15 is 0 Å². The van der Waals surface area contributed by atoms with E-state index in [2.05, 4.69) is 36.5 Å². The van der Waals surface area contributed by atoms with Gasteiger partial charge in [0.2, 0.25) is 5.91 Å². The van der Waals surface area contributed by atoms with Crippen LogP contribution in [0.4, 0.5) is 5.69 Å². The highest BCUT2D eigenvalue weighted by atomic mass is 16.2. The number of amides is 1. The number of nitrogens with zero attached hydrogens (tertiary/aromatic N) is 1. The summed E-state index contributed by atoms with van der Waals surface area (Å²) in [7, 11) is 1.82. The van der Waals surface area contributed by atoms with Crippen molar-refractivity contribution < 1.29 is 4.79 Å². The van der Waals surface area contributed by atoms with Gasteiger partial charge in [0.1, 0.15) is 0 Å². The Morgan fingerprint density at radius 3 is 2.38 bits per heavy atom. The molecule has 1 amide bonds. The molecule has 0 radical (unpaired) electrons. The summed E-state index contributed by atoms with van der Waals surface area (Å²) in [6, 6.07) is 18.7. The van der Waals surface area contributed by atoms with Gasteiger partial charge in [0, 0.05) is 32.2 Å². The van der Waals surface area contributed by atoms with Gasteiger partial charge in [0.15, 0.2) is 0 Å². The van der Waals surface area contributed by atoms with Gasteiger partial charge in [-0.3, -0.25) is 4.79 Å². The summed E-state index contributed by atoms with van der Waals surface area (Å²) in [6.07, 6.45) is 0. The molecule has 3 nitrogen and oxygen atoms in total. The molecule has 0 saturated heterocycles. The molecule has 2 aromatic rings. The van der Waals surface area contributed by atoms with Crippen LogP contribution in [0.2, 0.25) is 0 Å². The zero-order valence-corrected chi connectivity index (χ0v) is 12.8. The largest absolute Gasteiger partial charge is 0.378 e. The van der Waals surface area contributed by atoms with E-state index < -0.39 is 0 Å². The number of benzene rings is 2. The summed E-state index contributed by atoms with van der Waals surface area (Å²) in [5.74, 6) is 0.0703. The van der Waals surface area contributed by atoms with Gasteiger partial charge in [0.25, 0.3) is 0 Å². The van der Waals surface area contributed by atoms with Gasteiger partial charge in [-0.05, 0) is 24.1 Å². The van der Waals surface area contributed by atoms with E-state index in [-0.39, 0.29) is 11.9 Å². The molecule has 21 heavy (non-hydrogen) atoms. The fourth-order valence-electron chi connectivity index (χ4n) is 2.22. The van der Waals surface area contributed by atoms with Crippen molar-refractivity contribution in [2.75, 3.05) is 12.4 Å². The molecule has 0 aromatic heterocycles. The van der Waals surface area contributed by atoms with E-state index in [4.69, 9.17) is 0 Å². The van der Waals surface area contributed by atoms with Crippen LogP contribution in [-0.4, -0.2) is 17.9 Å². The highest BCUT2D eigenvalue weighted by molar-refractivity contribution is 5.73. The number of hydrogen-bond donors (Lipinski definition) is 1. The topological polar surface area (TPSA) is 32.3 Å². The summed E-state index contributed by atoms with van der Waals surface area (Å²) in [5, 5.41) is 3.53. The van der Waals surface area contributed by atoms with Crippen LogP contribution in [0.15, 0.2) is 54.6 Å². The molecule has 1 atom stereocenters. The molecule has 0 bridgehead atoms. The fourth-order valence-corrected chi connectivity index (χ4v) is 2.22. The van der Waals surface area contributed by atoms with Gasteiger partial charge in [-0.1, -0.05) is 48.5 Å². The Morgan fingerprint density at radius 2 is 1.71 bits per heavy atom. The smallest absolute Gasteiger partial charge is 0.219 e. The van der Waals surface area contributed by atoms with Crippen LogP contribution in [0.1, 0.15) is 31.0 Å². The summed E-state index contributed by atoms with van der Waals surface area (Å²) in [6.45, 7) is 4.34. The van der Waals surface area contributed by atoms with Gasteiger partial charge < -0.3 is 10.2 Å². The molecule has 1 N–H and O–H groups in total. The van der Waals surface area contributed by atoms with Crippen molar-refractivity contribution in [2.24, 2.45) is 0 Å². The lowest BCUT2D eigenvalue weighted by atomic mass is 10.1. The second-order valence-electron chi connectivity index (χ2n) is 5.31. The van der Waals surface area contributed by atoms with Crippen LogP contribution in [-0.2, 0) is 11.3 Å². The molecule has 2 aromatic carbocycles. The number of carbonyl (C=O) groups is 1. The third kappa shape index (κ3) is 4.09. The predicted molar refractivity (Wildman–Crippen MR) is 87.1 cm³/mol. The number of rotatable bonds is 5. The summed E-state index contributed by atoms with van der Waals surface area (Å²) >= 11 is 0. The van der Waals surface area contributed by atoms with Gasteiger partial charge in [-0.15, -0.1) is 0 Å². The Labute approximate surface area is 126 Å². The maximum absolute atomic E-state index is 11.4. The van der Waals surface area contributed by atoms with Crippen LogP contribution in [0.5, 0.6) is 0 Å². The molecule has 2 rings (SSSR count). The van der Waals surface area contributed by atoms with E-state index in [1.807, 2.05) is 37.4 Å². The van der Waals surface area contributed by atoms with Crippen molar-refractivity contribution in [3.05, 3.63) is 65.7 Å². The predicted octanol–water partition coefficient (Wildman–Crippen LogP) is 3.84. The van der Waals surface area contributed by atoms with E-state index in [0.717, 1.165) is 11.3 Å². The van der Waals surface area contributed by atoms with Gasteiger partial charge in [0.05, 0.1) is 0 Å². The highest BCUT2D eigenvalue weighted by Gasteiger charge is 2.10. The summed E-state index contributed by atoms with van der Waals surface area (Å²) in [5.41, 5.74) is 3.44. The molecule has 110 valence electrons. The number of nitrogens with one attached hydrogen (secondary N) is 1. The standard InChI is InChI=1S/C18H22N2O/c1-14(16-9-5-4-6-10-16)19-18-12-8-7-11-17(18)13-20(3)15(2)21/h4-12,14,19H,13H2,1-3H3. The monoisotopic (exact) mass is 282 g/mol. The Kier molecular flexibility index (Phi) is 4.99. The fraction of sp³-hybridized carbons (Fsp3) is 0.278. The lowest BCUT2D eigenvalue weighted by Crippen LogP contribution is -2.23. The third-order valence-electron chi connectivity index (χ3n) is 3.63. The second kappa shape index (κ2) is 6.93. The molecule has 3 heteroatoms. The van der Waals surface area contributed by atoms with Crippen molar-refractivity contribution in [1.29, 1.82) is 0 Å². The normalized spacial score (nSPS) is 11.8. The quantitative estimate of drug-likeness (QED) is 0.903. The summed E-state index contributed by atoms with van der Waals surface area (Å²) in [4.78, 5) is 13.1. The van der Waals surface area contributed by atoms with Gasteiger partial charge >= 0.3 is 0 Å². The van der Waals surface area contributed by atoms with Crippen LogP contribution in [0.3, 0.4) is 0 Å². The summed E-state index contributed by atoms with van der Waals surface area (Å²) < 4.78 is 0. The zero-order valence-electron chi connectivity index (χ0n) is 12.8. The SMILES string of the molecule is CC(=O)N(C)Cc1ccccc1NC(C)c1ccccc1. The van der Waals surface area contributed by atoms with Crippen LogP contribution in [0, 0.1) is 0 Å². The maximum atomic E-state index is 11.4. The van der Waals surface area contributed by atoms with Crippen molar-refractivity contribution in [3.63, 3.8) is 0 Å². The second-order valence-corrected chi connectivity index (χ2v) is 5.31. The van der Waals surface area contributed by atoms with Crippen LogP contribution < -0.4 is 5.32 Å². The molecular formula is C18H22N2O. The first-order chi connectivity index (χ1) is 10.1. The lowest BCUT2D eigenvalue weighted by Gasteiger charge is -2.21. The first-order valence-corrected chi connectivity index (χ1v) is 7.19. The average molecular weight is 282 g/mol. The Bertz CT molecular complexity index is 595. The first kappa shape index (κ1) is 15.1. The molecule has 1 unspecified atom stereocenters. The van der Waals surface area contributed by atoms with E-state index in [9.17, 15) is 4.79 Å². The number of carbonyl (C=O) groups excluding carboxylic acids is 1. The highest BCUT2D eigenvalue weighted by Crippen LogP contribution is 2.23. The Morgan fingerprint density at radius 1 is 1.10 bits per heavy atom.